The normalized spacial score (nSPS) is 17.3. The smallest absolute Gasteiger partial charge is 0.465 e. The lowest BCUT2D eigenvalue weighted by atomic mass is 9.78. The SMILES string of the molecule is CN.Cc1cc(B2OC(C)(C)C(C)(C)O2)ccc1CN(C(=O)O)C(C)(C)C.Cl. The molecule has 28 heavy (non-hydrogen) atoms. The van der Waals surface area contributed by atoms with Gasteiger partial charge in [0.15, 0.2) is 0 Å². The molecule has 8 heteroatoms. The highest BCUT2D eigenvalue weighted by Crippen LogP contribution is 2.36. The number of aryl methyl sites for hydroxylation is 1. The number of benzene rings is 1. The van der Waals surface area contributed by atoms with Crippen LogP contribution in [0.25, 0.3) is 0 Å². The molecule has 2 rings (SSSR count). The number of rotatable bonds is 3. The van der Waals surface area contributed by atoms with Crippen molar-refractivity contribution in [3.8, 4) is 0 Å². The Morgan fingerprint density at radius 3 is 1.96 bits per heavy atom. The largest absolute Gasteiger partial charge is 0.494 e. The summed E-state index contributed by atoms with van der Waals surface area (Å²) in [6.45, 7) is 16.2. The number of nitrogens with zero attached hydrogens (tertiary/aromatic N) is 1. The molecule has 1 aliphatic heterocycles. The molecule has 1 aromatic rings. The Hall–Kier alpha value is -1.28. The number of amides is 1. The molecule has 1 saturated heterocycles. The second-order valence-corrected chi connectivity index (χ2v) is 8.81. The fourth-order valence-corrected chi connectivity index (χ4v) is 2.78. The Kier molecular flexibility index (Phi) is 9.05. The van der Waals surface area contributed by atoms with Gasteiger partial charge in [-0.1, -0.05) is 18.2 Å². The van der Waals surface area contributed by atoms with Crippen LogP contribution in [0.2, 0.25) is 0 Å². The van der Waals surface area contributed by atoms with E-state index in [0.717, 1.165) is 16.6 Å². The summed E-state index contributed by atoms with van der Waals surface area (Å²) in [5, 5.41) is 9.49. The minimum Gasteiger partial charge on any atom is -0.465 e. The molecule has 6 nitrogen and oxygen atoms in total. The van der Waals surface area contributed by atoms with Gasteiger partial charge in [-0.15, -0.1) is 12.4 Å². The first-order chi connectivity index (χ1) is 12.2. The van der Waals surface area contributed by atoms with E-state index in [4.69, 9.17) is 9.31 Å². The third kappa shape index (κ3) is 5.86. The number of halogens is 1. The molecule has 1 heterocycles. The zero-order chi connectivity index (χ0) is 21.2. The van der Waals surface area contributed by atoms with Gasteiger partial charge in [-0.25, -0.2) is 4.79 Å². The highest BCUT2D eigenvalue weighted by atomic mass is 35.5. The van der Waals surface area contributed by atoms with E-state index in [9.17, 15) is 9.90 Å². The predicted octanol–water partition coefficient (Wildman–Crippen LogP) is 3.57. The summed E-state index contributed by atoms with van der Waals surface area (Å²) in [5.41, 5.74) is 6.26. The Morgan fingerprint density at radius 2 is 1.61 bits per heavy atom. The van der Waals surface area contributed by atoms with Gasteiger partial charge in [0.05, 0.1) is 11.2 Å². The molecular weight excluding hydrogens is 378 g/mol. The van der Waals surface area contributed by atoms with E-state index in [1.807, 2.05) is 73.6 Å². The Balaban J connectivity index is 0.00000235. The first-order valence-corrected chi connectivity index (χ1v) is 9.28. The van der Waals surface area contributed by atoms with E-state index in [1.54, 1.807) is 0 Å². The quantitative estimate of drug-likeness (QED) is 0.739. The molecule has 160 valence electrons. The fraction of sp³-hybridized carbons (Fsp3) is 0.650. The van der Waals surface area contributed by atoms with Crippen LogP contribution in [-0.4, -0.2) is 47.0 Å². The average Bonchev–Trinajstić information content (AvgIpc) is 2.74. The van der Waals surface area contributed by atoms with Crippen LogP contribution < -0.4 is 11.2 Å². The minimum atomic E-state index is -0.915. The Morgan fingerprint density at radius 1 is 1.14 bits per heavy atom. The van der Waals surface area contributed by atoms with Crippen molar-refractivity contribution in [1.29, 1.82) is 0 Å². The number of hydrogen-bond donors (Lipinski definition) is 2. The first kappa shape index (κ1) is 26.7. The van der Waals surface area contributed by atoms with Gasteiger partial charge in [-0.3, -0.25) is 4.90 Å². The molecule has 1 amide bonds. The summed E-state index contributed by atoms with van der Waals surface area (Å²) in [6, 6.07) is 5.96. The van der Waals surface area contributed by atoms with Crippen molar-refractivity contribution in [1.82, 2.24) is 4.90 Å². The Labute approximate surface area is 176 Å². The number of carboxylic acid groups (broad SMARTS) is 1. The van der Waals surface area contributed by atoms with E-state index in [0.29, 0.717) is 6.54 Å². The van der Waals surface area contributed by atoms with Crippen LogP contribution in [0.3, 0.4) is 0 Å². The second kappa shape index (κ2) is 9.48. The van der Waals surface area contributed by atoms with Crippen LogP contribution >= 0.6 is 12.4 Å². The lowest BCUT2D eigenvalue weighted by Crippen LogP contribution is -2.44. The van der Waals surface area contributed by atoms with Gasteiger partial charge in [-0.05, 0) is 79.0 Å². The van der Waals surface area contributed by atoms with Gasteiger partial charge >= 0.3 is 13.2 Å². The molecule has 0 radical (unpaired) electrons. The number of hydrogen-bond acceptors (Lipinski definition) is 4. The van der Waals surface area contributed by atoms with Gasteiger partial charge in [0.25, 0.3) is 0 Å². The molecule has 0 aliphatic carbocycles. The molecule has 0 saturated carbocycles. The van der Waals surface area contributed by atoms with Crippen molar-refractivity contribution in [3.63, 3.8) is 0 Å². The highest BCUT2D eigenvalue weighted by molar-refractivity contribution is 6.62. The van der Waals surface area contributed by atoms with Crippen LogP contribution in [0, 0.1) is 6.92 Å². The third-order valence-electron chi connectivity index (χ3n) is 5.26. The van der Waals surface area contributed by atoms with Crippen molar-refractivity contribution in [2.45, 2.75) is 78.7 Å². The lowest BCUT2D eigenvalue weighted by Gasteiger charge is -2.33. The zero-order valence-corrected chi connectivity index (χ0v) is 19.4. The van der Waals surface area contributed by atoms with Gasteiger partial charge in [0.1, 0.15) is 0 Å². The molecule has 0 unspecified atom stereocenters. The topological polar surface area (TPSA) is 85.0 Å². The molecule has 0 spiro atoms. The lowest BCUT2D eigenvalue weighted by molar-refractivity contribution is 0.00578. The standard InChI is InChI=1S/C19H30BNO4.CH5N.ClH/c1-13-11-15(20-24-18(5,6)19(7,8)25-20)10-9-14(13)12-21(16(22)23)17(2,3)4;1-2;/h9-11H,12H2,1-8H3,(H,22,23);2H2,1H3;1H. The highest BCUT2D eigenvalue weighted by Gasteiger charge is 2.51. The van der Waals surface area contributed by atoms with Crippen LogP contribution in [0.1, 0.15) is 59.6 Å². The first-order valence-electron chi connectivity index (χ1n) is 9.28. The average molecular weight is 415 g/mol. The maximum absolute atomic E-state index is 11.6. The molecule has 1 aliphatic rings. The van der Waals surface area contributed by atoms with Crippen molar-refractivity contribution in [2.24, 2.45) is 5.73 Å². The minimum absolute atomic E-state index is 0. The Bertz CT molecular complexity index is 659. The zero-order valence-electron chi connectivity index (χ0n) is 18.6. The maximum atomic E-state index is 11.6. The molecule has 0 aromatic heterocycles. The van der Waals surface area contributed by atoms with Gasteiger partial charge in [-0.2, -0.15) is 0 Å². The summed E-state index contributed by atoms with van der Waals surface area (Å²) in [5.74, 6) is 0. The number of nitrogens with two attached hydrogens (primary N) is 1. The molecule has 3 N–H and O–H groups in total. The van der Waals surface area contributed by atoms with Crippen molar-refractivity contribution in [2.75, 3.05) is 7.05 Å². The van der Waals surface area contributed by atoms with Crippen LogP contribution in [0.4, 0.5) is 4.79 Å². The molecule has 1 aromatic carbocycles. The monoisotopic (exact) mass is 414 g/mol. The fourth-order valence-electron chi connectivity index (χ4n) is 2.78. The molecule has 0 bridgehead atoms. The summed E-state index contributed by atoms with van der Waals surface area (Å²) in [7, 11) is 1.09. The van der Waals surface area contributed by atoms with Crippen LogP contribution in [-0.2, 0) is 15.9 Å². The van der Waals surface area contributed by atoms with Crippen LogP contribution in [0.5, 0.6) is 0 Å². The van der Waals surface area contributed by atoms with E-state index >= 15 is 0 Å². The second-order valence-electron chi connectivity index (χ2n) is 8.81. The summed E-state index contributed by atoms with van der Waals surface area (Å²) >= 11 is 0. The van der Waals surface area contributed by atoms with Gasteiger partial charge < -0.3 is 20.1 Å². The summed E-state index contributed by atoms with van der Waals surface area (Å²) in [4.78, 5) is 13.0. The van der Waals surface area contributed by atoms with Crippen LogP contribution in [0.15, 0.2) is 18.2 Å². The molecular formula is C20H36BClN2O4. The molecule has 1 fully saturated rings. The van der Waals surface area contributed by atoms with Crippen molar-refractivity contribution >= 4 is 31.1 Å². The summed E-state index contributed by atoms with van der Waals surface area (Å²) in [6.07, 6.45) is -0.915. The predicted molar refractivity (Wildman–Crippen MR) is 118 cm³/mol. The maximum Gasteiger partial charge on any atom is 0.494 e. The molecule has 0 atom stereocenters. The van der Waals surface area contributed by atoms with Gasteiger partial charge in [0, 0.05) is 12.1 Å². The van der Waals surface area contributed by atoms with E-state index in [-0.39, 0.29) is 23.6 Å². The third-order valence-corrected chi connectivity index (χ3v) is 5.26. The number of carbonyl (C=O) groups is 1. The van der Waals surface area contributed by atoms with Crippen molar-refractivity contribution < 1.29 is 19.2 Å². The van der Waals surface area contributed by atoms with E-state index in [1.165, 1.54) is 11.9 Å². The van der Waals surface area contributed by atoms with Gasteiger partial charge in [0.2, 0.25) is 0 Å². The van der Waals surface area contributed by atoms with E-state index in [2.05, 4.69) is 5.73 Å². The summed E-state index contributed by atoms with van der Waals surface area (Å²) < 4.78 is 12.2. The van der Waals surface area contributed by atoms with Crippen molar-refractivity contribution in [3.05, 3.63) is 29.3 Å². The van der Waals surface area contributed by atoms with E-state index < -0.39 is 18.8 Å².